The van der Waals surface area contributed by atoms with Gasteiger partial charge in [0.15, 0.2) is 25.5 Å². The molecule has 2 aromatic heterocycles. The van der Waals surface area contributed by atoms with Crippen molar-refractivity contribution in [1.29, 1.82) is 0 Å². The Morgan fingerprint density at radius 3 is 1.24 bits per heavy atom. The number of fused-ring (bicyclic) bond motifs is 7. The molecule has 230 valence electrons. The molecule has 0 amide bonds. The number of aromatic nitrogens is 2. The fourth-order valence-corrected chi connectivity index (χ4v) is 7.06. The smallest absolute Gasteiger partial charge is 0.214 e. The summed E-state index contributed by atoms with van der Waals surface area (Å²) in [6.45, 7) is 6.70. The largest absolute Gasteiger partial charge is 0.378 e. The number of aryl methyl sites for hydroxylation is 2. The highest BCUT2D eigenvalue weighted by Gasteiger charge is 2.36. The van der Waals surface area contributed by atoms with Crippen molar-refractivity contribution in [3.63, 3.8) is 0 Å². The van der Waals surface area contributed by atoms with Gasteiger partial charge in [0.1, 0.15) is 0 Å². The number of nitrogens with zero attached hydrogens (tertiary/aromatic N) is 4. The van der Waals surface area contributed by atoms with Crippen LogP contribution in [-0.4, -0.2) is 28.2 Å². The minimum Gasteiger partial charge on any atom is -0.378 e. The van der Waals surface area contributed by atoms with Gasteiger partial charge >= 0.3 is 0 Å². The van der Waals surface area contributed by atoms with E-state index >= 15 is 0 Å². The number of benzene rings is 3. The molecule has 4 heteroatoms. The van der Waals surface area contributed by atoms with Gasteiger partial charge in [-0.25, -0.2) is 0 Å². The van der Waals surface area contributed by atoms with Crippen molar-refractivity contribution >= 4 is 35.7 Å². The third-order valence-corrected chi connectivity index (χ3v) is 9.91. The molecular formula is C42H44N4+2. The lowest BCUT2D eigenvalue weighted by Gasteiger charge is -2.27. The number of pyridine rings is 2. The molecule has 0 aliphatic carbocycles. The maximum Gasteiger partial charge on any atom is 0.214 e. The van der Waals surface area contributed by atoms with Gasteiger partial charge in [-0.1, -0.05) is 48.6 Å². The summed E-state index contributed by atoms with van der Waals surface area (Å²) in [5, 5.41) is 0. The zero-order valence-corrected chi connectivity index (χ0v) is 28.0. The maximum absolute atomic E-state index is 2.46. The van der Waals surface area contributed by atoms with Crippen LogP contribution in [0.3, 0.4) is 0 Å². The van der Waals surface area contributed by atoms with E-state index in [0.717, 1.165) is 25.9 Å². The molecule has 0 fully saturated rings. The average Bonchev–Trinajstić information content (AvgIpc) is 3.08. The van der Waals surface area contributed by atoms with Gasteiger partial charge in [-0.3, -0.25) is 0 Å². The highest BCUT2D eigenvalue weighted by Crippen LogP contribution is 2.43. The summed E-state index contributed by atoms with van der Waals surface area (Å²) < 4.78 is 4.92. The lowest BCUT2D eigenvalue weighted by atomic mass is 9.79. The zero-order valence-electron chi connectivity index (χ0n) is 28.0. The Morgan fingerprint density at radius 1 is 0.500 bits per heavy atom. The second-order valence-corrected chi connectivity index (χ2v) is 13.2. The van der Waals surface area contributed by atoms with Crippen LogP contribution in [0.25, 0.3) is 46.8 Å². The Labute approximate surface area is 274 Å². The number of anilines is 2. The van der Waals surface area contributed by atoms with Crippen molar-refractivity contribution in [2.45, 2.75) is 39.8 Å². The molecular weight excluding hydrogens is 560 g/mol. The molecule has 0 saturated heterocycles. The van der Waals surface area contributed by atoms with Crippen LogP contribution >= 0.6 is 0 Å². The van der Waals surface area contributed by atoms with Crippen LogP contribution < -0.4 is 18.9 Å². The number of rotatable bonds is 6. The van der Waals surface area contributed by atoms with E-state index in [4.69, 9.17) is 0 Å². The van der Waals surface area contributed by atoms with Crippen LogP contribution in [-0.2, 0) is 25.9 Å². The van der Waals surface area contributed by atoms with Gasteiger partial charge in [-0.05, 0) is 82.6 Å². The van der Waals surface area contributed by atoms with Gasteiger partial charge in [0.05, 0.1) is 11.1 Å². The Hall–Kier alpha value is -4.96. The minimum absolute atomic E-state index is 1.01. The molecule has 0 bridgehead atoms. The molecule has 46 heavy (non-hydrogen) atoms. The van der Waals surface area contributed by atoms with Crippen LogP contribution in [0.15, 0.2) is 85.2 Å². The highest BCUT2D eigenvalue weighted by atomic mass is 15.1. The quantitative estimate of drug-likeness (QED) is 0.184. The SMILES string of the molecule is Cc1c(C)c2c(c3c1CC[n+]1ccc(/C=C/c4ccc(N(C)C)cc4)cc1-3)-c1cc(/C=C/c3ccc(N(C)C)cc3)cc[n+]1CC2. The Kier molecular flexibility index (Phi) is 7.82. The first kappa shape index (κ1) is 29.7. The molecule has 2 aliphatic rings. The van der Waals surface area contributed by atoms with Crippen LogP contribution in [0.5, 0.6) is 0 Å². The summed E-state index contributed by atoms with van der Waals surface area (Å²) in [5.74, 6) is 0. The predicted octanol–water partition coefficient (Wildman–Crippen LogP) is 7.80. The monoisotopic (exact) mass is 604 g/mol. The van der Waals surface area contributed by atoms with Gasteiger partial charge < -0.3 is 9.80 Å². The maximum atomic E-state index is 2.46. The normalized spacial score (nSPS) is 13.3. The van der Waals surface area contributed by atoms with Crippen molar-refractivity contribution in [3.8, 4) is 22.5 Å². The molecule has 2 aliphatic heterocycles. The van der Waals surface area contributed by atoms with Crippen LogP contribution in [0.2, 0.25) is 0 Å². The molecule has 0 radical (unpaired) electrons. The van der Waals surface area contributed by atoms with Crippen molar-refractivity contribution in [3.05, 3.63) is 130 Å². The molecule has 5 aromatic rings. The first-order valence-electron chi connectivity index (χ1n) is 16.4. The molecule has 0 unspecified atom stereocenters. The highest BCUT2D eigenvalue weighted by molar-refractivity contribution is 5.88. The summed E-state index contributed by atoms with van der Waals surface area (Å²) in [5.41, 5.74) is 18.7. The van der Waals surface area contributed by atoms with Gasteiger partial charge in [0, 0.05) is 76.7 Å². The molecule has 4 heterocycles. The van der Waals surface area contributed by atoms with Crippen LogP contribution in [0, 0.1) is 13.8 Å². The summed E-state index contributed by atoms with van der Waals surface area (Å²) in [4.78, 5) is 4.27. The van der Waals surface area contributed by atoms with Crippen molar-refractivity contribution in [2.24, 2.45) is 0 Å². The van der Waals surface area contributed by atoms with Crippen molar-refractivity contribution in [1.82, 2.24) is 0 Å². The zero-order chi connectivity index (χ0) is 31.9. The average molecular weight is 605 g/mol. The second-order valence-electron chi connectivity index (χ2n) is 13.2. The third-order valence-electron chi connectivity index (χ3n) is 9.91. The van der Waals surface area contributed by atoms with Crippen molar-refractivity contribution < 1.29 is 9.13 Å². The summed E-state index contributed by atoms with van der Waals surface area (Å²) >= 11 is 0. The topological polar surface area (TPSA) is 14.2 Å². The number of hydrogen-bond acceptors (Lipinski definition) is 2. The predicted molar refractivity (Wildman–Crippen MR) is 194 cm³/mol. The second kappa shape index (κ2) is 12.1. The summed E-state index contributed by atoms with van der Waals surface area (Å²) in [6.07, 6.45) is 15.6. The fourth-order valence-electron chi connectivity index (χ4n) is 7.06. The third kappa shape index (κ3) is 5.53. The lowest BCUT2D eigenvalue weighted by Crippen LogP contribution is -2.43. The van der Waals surface area contributed by atoms with E-state index in [9.17, 15) is 0 Å². The van der Waals surface area contributed by atoms with E-state index in [-0.39, 0.29) is 0 Å². The minimum atomic E-state index is 1.01. The van der Waals surface area contributed by atoms with E-state index < -0.39 is 0 Å². The molecule has 0 atom stereocenters. The standard InChI is InChI=1S/C42H44N4/c1-29-30(2)38-22-26-46-24-20-34(10-8-32-13-17-36(18-14-32)44(5)6)28-40(46)42(38)41-37(29)21-25-45-23-19-33(27-39(41)45)9-7-31-11-15-35(16-12-31)43(3)4/h7-20,23-24,27-28H,21-22,25-26H2,1-6H3/q+2. The van der Waals surface area contributed by atoms with E-state index in [1.54, 1.807) is 0 Å². The van der Waals surface area contributed by atoms with E-state index in [1.165, 1.54) is 78.4 Å². The first-order valence-corrected chi connectivity index (χ1v) is 16.4. The Balaban J connectivity index is 1.30. The van der Waals surface area contributed by atoms with Gasteiger partial charge in [-0.2, -0.15) is 9.13 Å². The van der Waals surface area contributed by atoms with Gasteiger partial charge in [0.2, 0.25) is 11.4 Å². The lowest BCUT2D eigenvalue weighted by molar-refractivity contribution is -0.689. The van der Waals surface area contributed by atoms with E-state index in [0.29, 0.717) is 0 Å². The molecule has 0 N–H and O–H groups in total. The van der Waals surface area contributed by atoms with E-state index in [2.05, 4.69) is 170 Å². The molecule has 3 aromatic carbocycles. The fraction of sp³-hybridized carbons (Fsp3) is 0.238. The summed E-state index contributed by atoms with van der Waals surface area (Å²) in [7, 11) is 8.31. The Bertz CT molecular complexity index is 1850. The summed E-state index contributed by atoms with van der Waals surface area (Å²) in [6, 6.07) is 26.8. The van der Waals surface area contributed by atoms with Crippen LogP contribution in [0.4, 0.5) is 11.4 Å². The van der Waals surface area contributed by atoms with Crippen molar-refractivity contribution in [2.75, 3.05) is 38.0 Å². The van der Waals surface area contributed by atoms with Crippen LogP contribution in [0.1, 0.15) is 44.5 Å². The van der Waals surface area contributed by atoms with Gasteiger partial charge in [-0.15, -0.1) is 0 Å². The molecule has 4 nitrogen and oxygen atoms in total. The van der Waals surface area contributed by atoms with Gasteiger partial charge in [0.25, 0.3) is 0 Å². The molecule has 0 spiro atoms. The molecule has 7 rings (SSSR count). The first-order chi connectivity index (χ1) is 22.3. The molecule has 0 saturated carbocycles. The van der Waals surface area contributed by atoms with E-state index in [1.807, 2.05) is 0 Å². The number of hydrogen-bond donors (Lipinski definition) is 0. The Morgan fingerprint density at radius 2 is 0.870 bits per heavy atom.